The highest BCUT2D eigenvalue weighted by Gasteiger charge is 2.26. The van der Waals surface area contributed by atoms with E-state index in [-0.39, 0.29) is 34.6 Å². The summed E-state index contributed by atoms with van der Waals surface area (Å²) in [7, 11) is -1.19. The SMILES string of the molecule is CNc1ccc(S(=O)(=O)N(C)Cc2nnc(-c3ccc(Cl)cc3)o2)cc1[N+](=O)[O-]. The van der Waals surface area contributed by atoms with Gasteiger partial charge in [-0.3, -0.25) is 10.1 Å². The summed E-state index contributed by atoms with van der Waals surface area (Å²) in [5.41, 5.74) is 0.503. The first-order valence-electron chi connectivity index (χ1n) is 8.23. The number of nitrogens with zero attached hydrogens (tertiary/aromatic N) is 4. The highest BCUT2D eigenvalue weighted by molar-refractivity contribution is 7.89. The van der Waals surface area contributed by atoms with E-state index in [2.05, 4.69) is 15.5 Å². The molecule has 29 heavy (non-hydrogen) atoms. The minimum absolute atomic E-state index is 0.0716. The number of hydrogen-bond acceptors (Lipinski definition) is 8. The minimum atomic E-state index is -4.02. The van der Waals surface area contributed by atoms with E-state index in [1.54, 1.807) is 24.3 Å². The predicted octanol–water partition coefficient (Wildman–Crippen LogP) is 3.16. The third-order valence-electron chi connectivity index (χ3n) is 4.06. The molecule has 10 nitrogen and oxygen atoms in total. The highest BCUT2D eigenvalue weighted by atomic mass is 35.5. The van der Waals surface area contributed by atoms with Crippen LogP contribution in [0.25, 0.3) is 11.5 Å². The molecule has 1 heterocycles. The Morgan fingerprint density at radius 3 is 2.52 bits per heavy atom. The molecule has 0 radical (unpaired) electrons. The topological polar surface area (TPSA) is 131 Å². The van der Waals surface area contributed by atoms with Crippen molar-refractivity contribution in [3.8, 4) is 11.5 Å². The zero-order chi connectivity index (χ0) is 21.2. The summed E-state index contributed by atoms with van der Waals surface area (Å²) < 4.78 is 32.1. The average Bonchev–Trinajstić information content (AvgIpc) is 3.16. The van der Waals surface area contributed by atoms with E-state index < -0.39 is 14.9 Å². The monoisotopic (exact) mass is 437 g/mol. The third kappa shape index (κ3) is 4.36. The minimum Gasteiger partial charge on any atom is -0.419 e. The van der Waals surface area contributed by atoms with Gasteiger partial charge in [-0.1, -0.05) is 11.6 Å². The number of nitro groups is 1. The van der Waals surface area contributed by atoms with Gasteiger partial charge in [-0.2, -0.15) is 4.31 Å². The summed E-state index contributed by atoms with van der Waals surface area (Å²) in [6, 6.07) is 10.4. The number of aromatic nitrogens is 2. The van der Waals surface area contributed by atoms with Crippen LogP contribution >= 0.6 is 11.6 Å². The summed E-state index contributed by atoms with van der Waals surface area (Å²) in [6.07, 6.45) is 0. The number of nitro benzene ring substituents is 1. The van der Waals surface area contributed by atoms with E-state index in [0.29, 0.717) is 10.6 Å². The maximum Gasteiger partial charge on any atom is 0.293 e. The number of sulfonamides is 1. The molecule has 0 aliphatic carbocycles. The molecule has 0 aliphatic rings. The third-order valence-corrected chi connectivity index (χ3v) is 6.11. The van der Waals surface area contributed by atoms with Gasteiger partial charge in [0.05, 0.1) is 16.4 Å². The molecule has 12 heteroatoms. The van der Waals surface area contributed by atoms with E-state index in [9.17, 15) is 18.5 Å². The molecule has 0 amide bonds. The van der Waals surface area contributed by atoms with Crippen LogP contribution in [0.5, 0.6) is 0 Å². The Morgan fingerprint density at radius 2 is 1.90 bits per heavy atom. The summed E-state index contributed by atoms with van der Waals surface area (Å²) >= 11 is 5.85. The lowest BCUT2D eigenvalue weighted by atomic mass is 10.2. The standard InChI is InChI=1S/C17H16ClN5O5S/c1-19-14-8-7-13(9-15(14)23(24)25)29(26,27)22(2)10-16-20-21-17(28-16)11-3-5-12(18)6-4-11/h3-9,19H,10H2,1-2H3. The second-order valence-electron chi connectivity index (χ2n) is 5.95. The van der Waals surface area contributed by atoms with Gasteiger partial charge in [-0.05, 0) is 36.4 Å². The van der Waals surface area contributed by atoms with E-state index in [1.807, 2.05) is 0 Å². The Kier molecular flexibility index (Phi) is 5.82. The maximum absolute atomic E-state index is 12.8. The van der Waals surface area contributed by atoms with E-state index >= 15 is 0 Å². The first-order valence-corrected chi connectivity index (χ1v) is 10.0. The first kappa shape index (κ1) is 20.7. The number of benzene rings is 2. The van der Waals surface area contributed by atoms with Crippen LogP contribution in [0, 0.1) is 10.1 Å². The number of halogens is 1. The Morgan fingerprint density at radius 1 is 1.21 bits per heavy atom. The first-order chi connectivity index (χ1) is 13.7. The molecule has 0 unspecified atom stereocenters. The summed E-state index contributed by atoms with van der Waals surface area (Å²) in [5.74, 6) is 0.291. The smallest absolute Gasteiger partial charge is 0.293 e. The number of hydrogen-bond donors (Lipinski definition) is 1. The zero-order valence-electron chi connectivity index (χ0n) is 15.4. The lowest BCUT2D eigenvalue weighted by molar-refractivity contribution is -0.384. The van der Waals surface area contributed by atoms with Crippen LogP contribution in [-0.2, 0) is 16.6 Å². The van der Waals surface area contributed by atoms with Gasteiger partial charge in [-0.25, -0.2) is 8.42 Å². The van der Waals surface area contributed by atoms with Crippen molar-refractivity contribution in [2.24, 2.45) is 0 Å². The Hall–Kier alpha value is -3.02. The molecule has 0 saturated heterocycles. The largest absolute Gasteiger partial charge is 0.419 e. The number of rotatable bonds is 7. The van der Waals surface area contributed by atoms with Crippen LogP contribution in [0.3, 0.4) is 0 Å². The van der Waals surface area contributed by atoms with Crippen molar-refractivity contribution in [2.45, 2.75) is 11.4 Å². The Bertz CT molecular complexity index is 1150. The summed E-state index contributed by atoms with van der Waals surface area (Å²) in [6.45, 7) is -0.204. The molecule has 3 rings (SSSR count). The molecule has 0 spiro atoms. The van der Waals surface area contributed by atoms with Crippen molar-refractivity contribution < 1.29 is 17.8 Å². The maximum atomic E-state index is 12.8. The van der Waals surface area contributed by atoms with Crippen molar-refractivity contribution >= 4 is 33.0 Å². The molecule has 3 aromatic rings. The van der Waals surface area contributed by atoms with Crippen LogP contribution in [0.2, 0.25) is 5.02 Å². The quantitative estimate of drug-likeness (QED) is 0.440. The Labute approximate surface area is 171 Å². The molecule has 152 valence electrons. The molecule has 1 N–H and O–H groups in total. The van der Waals surface area contributed by atoms with Crippen LogP contribution < -0.4 is 5.32 Å². The van der Waals surface area contributed by atoms with Gasteiger partial charge < -0.3 is 9.73 Å². The molecule has 0 atom stereocenters. The fraction of sp³-hybridized carbons (Fsp3) is 0.176. The predicted molar refractivity (Wildman–Crippen MR) is 106 cm³/mol. The van der Waals surface area contributed by atoms with Crippen molar-refractivity contribution in [2.75, 3.05) is 19.4 Å². The van der Waals surface area contributed by atoms with E-state index in [4.69, 9.17) is 16.0 Å². The molecule has 0 fully saturated rings. The molecule has 0 bridgehead atoms. The normalized spacial score (nSPS) is 11.6. The van der Waals surface area contributed by atoms with Gasteiger partial charge in [0.2, 0.25) is 21.8 Å². The zero-order valence-corrected chi connectivity index (χ0v) is 16.9. The lowest BCUT2D eigenvalue weighted by Crippen LogP contribution is -2.26. The fourth-order valence-corrected chi connectivity index (χ4v) is 3.78. The van der Waals surface area contributed by atoms with Crippen molar-refractivity contribution in [3.05, 3.63) is 63.5 Å². The molecule has 0 saturated carbocycles. The molecular formula is C17H16ClN5O5S. The molecule has 1 aromatic heterocycles. The van der Waals surface area contributed by atoms with E-state index in [0.717, 1.165) is 10.4 Å². The van der Waals surface area contributed by atoms with Gasteiger partial charge in [-0.15, -0.1) is 10.2 Å². The Balaban J connectivity index is 1.83. The van der Waals surface area contributed by atoms with E-state index in [1.165, 1.54) is 26.2 Å². The number of nitrogens with one attached hydrogen (secondary N) is 1. The fourth-order valence-electron chi connectivity index (χ4n) is 2.52. The second-order valence-corrected chi connectivity index (χ2v) is 8.44. The van der Waals surface area contributed by atoms with Crippen molar-refractivity contribution in [3.63, 3.8) is 0 Å². The lowest BCUT2D eigenvalue weighted by Gasteiger charge is -2.15. The van der Waals surface area contributed by atoms with Gasteiger partial charge in [0, 0.05) is 30.7 Å². The van der Waals surface area contributed by atoms with Crippen molar-refractivity contribution in [1.29, 1.82) is 0 Å². The van der Waals surface area contributed by atoms with Gasteiger partial charge >= 0.3 is 0 Å². The molecular weight excluding hydrogens is 422 g/mol. The molecule has 2 aromatic carbocycles. The summed E-state index contributed by atoms with van der Waals surface area (Å²) in [5, 5.41) is 22.2. The van der Waals surface area contributed by atoms with Crippen LogP contribution in [0.4, 0.5) is 11.4 Å². The van der Waals surface area contributed by atoms with Gasteiger partial charge in [0.25, 0.3) is 5.69 Å². The van der Waals surface area contributed by atoms with Crippen LogP contribution in [-0.4, -0.2) is 41.9 Å². The highest BCUT2D eigenvalue weighted by Crippen LogP contribution is 2.29. The number of anilines is 1. The summed E-state index contributed by atoms with van der Waals surface area (Å²) in [4.78, 5) is 10.3. The van der Waals surface area contributed by atoms with Gasteiger partial charge in [0.15, 0.2) is 0 Å². The molecule has 0 aliphatic heterocycles. The van der Waals surface area contributed by atoms with Crippen LogP contribution in [0.15, 0.2) is 51.8 Å². The van der Waals surface area contributed by atoms with Crippen LogP contribution in [0.1, 0.15) is 5.89 Å². The van der Waals surface area contributed by atoms with Gasteiger partial charge in [0.1, 0.15) is 5.69 Å². The second kappa shape index (κ2) is 8.15. The average molecular weight is 438 g/mol. The van der Waals surface area contributed by atoms with Crippen molar-refractivity contribution in [1.82, 2.24) is 14.5 Å².